The lowest BCUT2D eigenvalue weighted by Crippen LogP contribution is -2.23. The maximum atomic E-state index is 3.42. The van der Waals surface area contributed by atoms with Crippen molar-refractivity contribution in [1.82, 2.24) is 5.32 Å². The second kappa shape index (κ2) is 1.22. The van der Waals surface area contributed by atoms with E-state index in [2.05, 4.69) is 11.7 Å². The highest BCUT2D eigenvalue weighted by atomic mass is 15.0. The van der Waals surface area contributed by atoms with E-state index in [9.17, 15) is 0 Å². The number of rotatable bonds is 0. The van der Waals surface area contributed by atoms with Gasteiger partial charge in [0.2, 0.25) is 0 Å². The summed E-state index contributed by atoms with van der Waals surface area (Å²) in [5.41, 5.74) is 0. The van der Waals surface area contributed by atoms with Gasteiger partial charge in [0.1, 0.15) is 0 Å². The van der Waals surface area contributed by atoms with Gasteiger partial charge in [-0.2, -0.15) is 0 Å². The third-order valence-electron chi connectivity index (χ3n) is 1.86. The number of hydrogen-bond acceptors (Lipinski definition) is 1. The zero-order valence-electron chi connectivity index (χ0n) is 4.35. The van der Waals surface area contributed by atoms with E-state index in [4.69, 9.17) is 0 Å². The van der Waals surface area contributed by atoms with Crippen LogP contribution in [0.25, 0.3) is 0 Å². The molecule has 0 bridgehead atoms. The normalized spacial score (nSPS) is 48.0. The fraction of sp³-hybridized carbons (Fsp3) is 0.833. The van der Waals surface area contributed by atoms with E-state index in [1.54, 1.807) is 0 Å². The van der Waals surface area contributed by atoms with Gasteiger partial charge in [-0.1, -0.05) is 0 Å². The van der Waals surface area contributed by atoms with Gasteiger partial charge < -0.3 is 5.32 Å². The summed E-state index contributed by atoms with van der Waals surface area (Å²) in [5.74, 6) is 0.966. The lowest BCUT2D eigenvalue weighted by molar-refractivity contribution is 0.589. The zero-order chi connectivity index (χ0) is 4.69. The molecule has 1 radical (unpaired) electrons. The van der Waals surface area contributed by atoms with Crippen LogP contribution < -0.4 is 5.32 Å². The molecule has 2 unspecified atom stereocenters. The van der Waals surface area contributed by atoms with Crippen LogP contribution in [0.3, 0.4) is 0 Å². The predicted octanol–water partition coefficient (Wildman–Crippen LogP) is 0.572. The van der Waals surface area contributed by atoms with Crippen molar-refractivity contribution < 1.29 is 0 Å². The van der Waals surface area contributed by atoms with Gasteiger partial charge in [-0.15, -0.1) is 0 Å². The van der Waals surface area contributed by atoms with E-state index in [1.807, 2.05) is 0 Å². The Bertz CT molecular complexity index is 70.2. The number of hydrogen-bond donors (Lipinski definition) is 1. The molecule has 0 aromatic rings. The second-order valence-corrected chi connectivity index (χ2v) is 2.48. The fourth-order valence-corrected chi connectivity index (χ4v) is 1.28. The highest BCUT2D eigenvalue weighted by Crippen LogP contribution is 2.36. The first kappa shape index (κ1) is 3.90. The molecule has 1 nitrogen and oxygen atoms in total. The summed E-state index contributed by atoms with van der Waals surface area (Å²) in [6.45, 7) is 1.22. The maximum Gasteiger partial charge on any atom is 0.0102 e. The highest BCUT2D eigenvalue weighted by Gasteiger charge is 2.38. The lowest BCUT2D eigenvalue weighted by Gasteiger charge is -2.07. The van der Waals surface area contributed by atoms with Crippen molar-refractivity contribution in [3.05, 3.63) is 6.42 Å². The molecule has 0 amide bonds. The molecule has 1 heteroatoms. The van der Waals surface area contributed by atoms with Crippen molar-refractivity contribution in [3.8, 4) is 0 Å². The molecule has 1 heterocycles. The molecule has 0 spiro atoms. The first-order valence-corrected chi connectivity index (χ1v) is 3.03. The van der Waals surface area contributed by atoms with Crippen LogP contribution in [0.2, 0.25) is 0 Å². The number of fused-ring (bicyclic) bond motifs is 1. The summed E-state index contributed by atoms with van der Waals surface area (Å²) in [6.07, 6.45) is 5.16. The standard InChI is InChI=1S/C6H10N/c1-2-5-4-6(5)7-3-1/h2,5-7H,1,3-4H2. The Morgan fingerprint density at radius 1 is 1.57 bits per heavy atom. The maximum absolute atomic E-state index is 3.42. The Morgan fingerprint density at radius 2 is 2.57 bits per heavy atom. The van der Waals surface area contributed by atoms with Crippen LogP contribution >= 0.6 is 0 Å². The first-order chi connectivity index (χ1) is 3.47. The van der Waals surface area contributed by atoms with Gasteiger partial charge in [-0.25, -0.2) is 0 Å². The molecular formula is C6H10N. The largest absolute Gasteiger partial charge is 0.314 e. The van der Waals surface area contributed by atoms with E-state index in [0.717, 1.165) is 12.0 Å². The summed E-state index contributed by atoms with van der Waals surface area (Å²) < 4.78 is 0. The van der Waals surface area contributed by atoms with E-state index in [-0.39, 0.29) is 0 Å². The van der Waals surface area contributed by atoms with Gasteiger partial charge in [0.05, 0.1) is 0 Å². The van der Waals surface area contributed by atoms with Gasteiger partial charge in [-0.3, -0.25) is 0 Å². The average Bonchev–Trinajstić information content (AvgIpc) is 2.41. The molecule has 0 aromatic heterocycles. The van der Waals surface area contributed by atoms with E-state index in [0.29, 0.717) is 0 Å². The molecular weight excluding hydrogens is 86.1 g/mol. The molecule has 2 rings (SSSR count). The first-order valence-electron chi connectivity index (χ1n) is 3.03. The minimum atomic E-state index is 0.897. The van der Waals surface area contributed by atoms with Gasteiger partial charge in [0, 0.05) is 6.04 Å². The molecule has 39 valence electrons. The van der Waals surface area contributed by atoms with Crippen LogP contribution in [0.4, 0.5) is 0 Å². The zero-order valence-corrected chi connectivity index (χ0v) is 4.35. The minimum absolute atomic E-state index is 0.897. The van der Waals surface area contributed by atoms with E-state index < -0.39 is 0 Å². The van der Waals surface area contributed by atoms with E-state index >= 15 is 0 Å². The molecule has 1 aliphatic heterocycles. The molecule has 1 aliphatic carbocycles. The van der Waals surface area contributed by atoms with Crippen LogP contribution in [-0.4, -0.2) is 12.6 Å². The van der Waals surface area contributed by atoms with Crippen LogP contribution in [0, 0.1) is 12.3 Å². The van der Waals surface area contributed by atoms with Crippen LogP contribution in [0.1, 0.15) is 12.8 Å². The van der Waals surface area contributed by atoms with Crippen LogP contribution in [-0.2, 0) is 0 Å². The van der Waals surface area contributed by atoms with Crippen molar-refractivity contribution in [2.45, 2.75) is 18.9 Å². The smallest absolute Gasteiger partial charge is 0.0102 e. The van der Waals surface area contributed by atoms with Crippen molar-refractivity contribution in [1.29, 1.82) is 0 Å². The molecule has 2 fully saturated rings. The van der Waals surface area contributed by atoms with Crippen molar-refractivity contribution in [2.24, 2.45) is 5.92 Å². The van der Waals surface area contributed by atoms with Gasteiger partial charge in [0.15, 0.2) is 0 Å². The Kier molecular flexibility index (Phi) is 0.680. The topological polar surface area (TPSA) is 12.0 Å². The monoisotopic (exact) mass is 96.1 g/mol. The van der Waals surface area contributed by atoms with Gasteiger partial charge in [0.25, 0.3) is 0 Å². The second-order valence-electron chi connectivity index (χ2n) is 2.48. The lowest BCUT2D eigenvalue weighted by atomic mass is 10.2. The molecule has 2 aliphatic rings. The summed E-state index contributed by atoms with van der Waals surface area (Å²) in [4.78, 5) is 0. The molecule has 1 saturated heterocycles. The summed E-state index contributed by atoms with van der Waals surface area (Å²) in [5, 5.41) is 3.42. The molecule has 0 aromatic carbocycles. The van der Waals surface area contributed by atoms with Crippen molar-refractivity contribution in [2.75, 3.05) is 6.54 Å². The predicted molar refractivity (Wildman–Crippen MR) is 28.8 cm³/mol. The van der Waals surface area contributed by atoms with Crippen molar-refractivity contribution in [3.63, 3.8) is 0 Å². The molecule has 2 atom stereocenters. The van der Waals surface area contributed by atoms with Gasteiger partial charge >= 0.3 is 0 Å². The molecule has 1 saturated carbocycles. The average molecular weight is 96.2 g/mol. The van der Waals surface area contributed by atoms with Crippen LogP contribution in [0.15, 0.2) is 0 Å². The Hall–Kier alpha value is -0.0400. The fourth-order valence-electron chi connectivity index (χ4n) is 1.28. The quantitative estimate of drug-likeness (QED) is 0.465. The molecule has 1 N–H and O–H groups in total. The Labute approximate surface area is 44.1 Å². The number of piperidine rings is 1. The minimum Gasteiger partial charge on any atom is -0.314 e. The van der Waals surface area contributed by atoms with E-state index in [1.165, 1.54) is 19.4 Å². The summed E-state index contributed by atoms with van der Waals surface area (Å²) in [6, 6.07) is 0.897. The summed E-state index contributed by atoms with van der Waals surface area (Å²) in [7, 11) is 0. The van der Waals surface area contributed by atoms with Crippen LogP contribution in [0.5, 0.6) is 0 Å². The summed E-state index contributed by atoms with van der Waals surface area (Å²) >= 11 is 0. The number of nitrogens with one attached hydrogen (secondary N) is 1. The highest BCUT2D eigenvalue weighted by molar-refractivity contribution is 5.04. The SMILES string of the molecule is [CH]1CCNC2CC12. The Morgan fingerprint density at radius 3 is 3.14 bits per heavy atom. The van der Waals surface area contributed by atoms with Gasteiger partial charge in [-0.05, 0) is 31.7 Å². The third kappa shape index (κ3) is 0.556. The third-order valence-corrected chi connectivity index (χ3v) is 1.86. The Balaban J connectivity index is 1.95. The molecule has 7 heavy (non-hydrogen) atoms. The van der Waals surface area contributed by atoms with Crippen molar-refractivity contribution >= 4 is 0 Å².